The van der Waals surface area contributed by atoms with Crippen molar-refractivity contribution in [3.05, 3.63) is 53.7 Å². The molecular weight excluding hydrogens is 483 g/mol. The first-order valence-electron chi connectivity index (χ1n) is 9.47. The average molecular weight is 514 g/mol. The van der Waals surface area contributed by atoms with Gasteiger partial charge in [-0.1, -0.05) is 18.2 Å². The molecule has 0 aliphatic heterocycles. The predicted octanol–water partition coefficient (Wildman–Crippen LogP) is 3.28. The second-order valence-corrected chi connectivity index (χ2v) is 6.54. The Labute approximate surface area is 190 Å². The molecule has 29 heavy (non-hydrogen) atoms. The molecule has 0 radical (unpaired) electrons. The van der Waals surface area contributed by atoms with E-state index >= 15 is 0 Å². The van der Waals surface area contributed by atoms with Crippen LogP contribution < -0.4 is 20.1 Å². The minimum Gasteiger partial charge on any atom is -0.491 e. The maximum Gasteiger partial charge on any atom is 0.212 e. The Kier molecular flexibility index (Phi) is 11.4. The van der Waals surface area contributed by atoms with Gasteiger partial charge in [-0.05, 0) is 44.0 Å². The summed E-state index contributed by atoms with van der Waals surface area (Å²) >= 11 is 0. The standard InChI is InChI=1S/C21H30N4O3.HI/c1-5-22-21(24-13-16-6-11-20(27-4)23-12-16)25-14-19(26)17-7-9-18(10-8-17)28-15(2)3;/h6-12,15,19,26H,5,13-14H2,1-4H3,(H2,22,24,25);1H. The number of aliphatic imine (C=N–C) groups is 1. The number of aliphatic hydroxyl groups excluding tert-OH is 1. The van der Waals surface area contributed by atoms with Gasteiger partial charge in [0.1, 0.15) is 5.75 Å². The first-order chi connectivity index (χ1) is 13.5. The van der Waals surface area contributed by atoms with E-state index in [1.807, 2.05) is 57.2 Å². The van der Waals surface area contributed by atoms with Crippen LogP contribution in [0.3, 0.4) is 0 Å². The molecule has 0 amide bonds. The van der Waals surface area contributed by atoms with Crippen LogP contribution in [0.5, 0.6) is 11.6 Å². The van der Waals surface area contributed by atoms with Crippen LogP contribution >= 0.6 is 24.0 Å². The van der Waals surface area contributed by atoms with Crippen molar-refractivity contribution in [2.45, 2.75) is 39.5 Å². The molecule has 1 aromatic carbocycles. The average Bonchev–Trinajstić information content (AvgIpc) is 2.70. The van der Waals surface area contributed by atoms with E-state index < -0.39 is 6.10 Å². The highest BCUT2D eigenvalue weighted by Gasteiger charge is 2.09. The van der Waals surface area contributed by atoms with Crippen LogP contribution in [0, 0.1) is 0 Å². The number of pyridine rings is 1. The number of rotatable bonds is 9. The van der Waals surface area contributed by atoms with E-state index in [2.05, 4.69) is 20.6 Å². The van der Waals surface area contributed by atoms with Gasteiger partial charge >= 0.3 is 0 Å². The van der Waals surface area contributed by atoms with Gasteiger partial charge in [-0.2, -0.15) is 0 Å². The Hall–Kier alpha value is -2.07. The number of methoxy groups -OCH3 is 1. The number of hydrogen-bond acceptors (Lipinski definition) is 5. The molecule has 1 heterocycles. The van der Waals surface area contributed by atoms with Gasteiger partial charge in [-0.25, -0.2) is 9.98 Å². The molecule has 2 aromatic rings. The predicted molar refractivity (Wildman–Crippen MR) is 126 cm³/mol. The summed E-state index contributed by atoms with van der Waals surface area (Å²) in [5, 5.41) is 16.8. The van der Waals surface area contributed by atoms with Crippen molar-refractivity contribution < 1.29 is 14.6 Å². The zero-order valence-electron chi connectivity index (χ0n) is 17.4. The molecule has 8 heteroatoms. The molecule has 1 aromatic heterocycles. The van der Waals surface area contributed by atoms with Gasteiger partial charge < -0.3 is 25.2 Å². The van der Waals surface area contributed by atoms with Crippen LogP contribution in [-0.4, -0.2) is 42.4 Å². The van der Waals surface area contributed by atoms with Crippen molar-refractivity contribution in [1.29, 1.82) is 0 Å². The van der Waals surface area contributed by atoms with Crippen molar-refractivity contribution in [2.24, 2.45) is 4.99 Å². The third-order valence-electron chi connectivity index (χ3n) is 3.87. The number of benzene rings is 1. The monoisotopic (exact) mass is 514 g/mol. The van der Waals surface area contributed by atoms with E-state index in [0.717, 1.165) is 23.4 Å². The third kappa shape index (κ3) is 8.86. The van der Waals surface area contributed by atoms with Crippen LogP contribution in [0.25, 0.3) is 0 Å². The van der Waals surface area contributed by atoms with Gasteiger partial charge in [-0.3, -0.25) is 0 Å². The van der Waals surface area contributed by atoms with E-state index in [4.69, 9.17) is 9.47 Å². The second-order valence-electron chi connectivity index (χ2n) is 6.54. The number of halogens is 1. The van der Waals surface area contributed by atoms with E-state index in [0.29, 0.717) is 24.9 Å². The minimum absolute atomic E-state index is 0. The lowest BCUT2D eigenvalue weighted by Crippen LogP contribution is -2.39. The highest BCUT2D eigenvalue weighted by molar-refractivity contribution is 14.0. The van der Waals surface area contributed by atoms with E-state index in [-0.39, 0.29) is 30.1 Å². The Morgan fingerprint density at radius 2 is 1.86 bits per heavy atom. The summed E-state index contributed by atoms with van der Waals surface area (Å²) in [5.74, 6) is 2.00. The van der Waals surface area contributed by atoms with Gasteiger partial charge in [0.15, 0.2) is 5.96 Å². The van der Waals surface area contributed by atoms with Crippen LogP contribution in [0.2, 0.25) is 0 Å². The number of nitrogens with one attached hydrogen (secondary N) is 2. The SMILES string of the molecule is CCNC(=NCc1ccc(OC)nc1)NCC(O)c1ccc(OC(C)C)cc1.I. The van der Waals surface area contributed by atoms with E-state index in [1.165, 1.54) is 0 Å². The summed E-state index contributed by atoms with van der Waals surface area (Å²) in [7, 11) is 1.59. The van der Waals surface area contributed by atoms with Crippen LogP contribution in [0.1, 0.15) is 38.0 Å². The molecular formula is C21H31IN4O3. The number of nitrogens with zero attached hydrogens (tertiary/aromatic N) is 2. The van der Waals surface area contributed by atoms with Gasteiger partial charge in [0.25, 0.3) is 0 Å². The minimum atomic E-state index is -0.653. The Bertz CT molecular complexity index is 737. The number of ether oxygens (including phenoxy) is 2. The lowest BCUT2D eigenvalue weighted by atomic mass is 10.1. The second kappa shape index (κ2) is 13.2. The highest BCUT2D eigenvalue weighted by atomic mass is 127. The number of guanidine groups is 1. The zero-order chi connectivity index (χ0) is 20.4. The van der Waals surface area contributed by atoms with Crippen LogP contribution in [0.15, 0.2) is 47.6 Å². The maximum atomic E-state index is 10.4. The molecule has 2 rings (SSSR count). The summed E-state index contributed by atoms with van der Waals surface area (Å²) in [4.78, 5) is 8.71. The molecule has 0 saturated heterocycles. The summed E-state index contributed by atoms with van der Waals surface area (Å²) in [6, 6.07) is 11.2. The Morgan fingerprint density at radius 3 is 2.41 bits per heavy atom. The lowest BCUT2D eigenvalue weighted by molar-refractivity contribution is 0.180. The molecule has 0 aliphatic carbocycles. The summed E-state index contributed by atoms with van der Waals surface area (Å²) < 4.78 is 10.7. The molecule has 160 valence electrons. The first-order valence-corrected chi connectivity index (χ1v) is 9.47. The third-order valence-corrected chi connectivity index (χ3v) is 3.87. The normalized spacial score (nSPS) is 12.1. The molecule has 0 spiro atoms. The highest BCUT2D eigenvalue weighted by Crippen LogP contribution is 2.18. The molecule has 1 unspecified atom stereocenters. The van der Waals surface area contributed by atoms with E-state index in [1.54, 1.807) is 13.3 Å². The number of hydrogen-bond donors (Lipinski definition) is 3. The fourth-order valence-corrected chi connectivity index (χ4v) is 2.49. The molecule has 3 N–H and O–H groups in total. The molecule has 0 fully saturated rings. The quantitative estimate of drug-likeness (QED) is 0.271. The Balaban J connectivity index is 0.00000420. The Morgan fingerprint density at radius 1 is 1.14 bits per heavy atom. The van der Waals surface area contributed by atoms with Gasteiger partial charge in [0.05, 0.1) is 25.9 Å². The number of aliphatic hydroxyl groups is 1. The van der Waals surface area contributed by atoms with Crippen molar-refractivity contribution in [1.82, 2.24) is 15.6 Å². The van der Waals surface area contributed by atoms with Crippen molar-refractivity contribution in [2.75, 3.05) is 20.2 Å². The smallest absolute Gasteiger partial charge is 0.212 e. The number of aromatic nitrogens is 1. The van der Waals surface area contributed by atoms with E-state index in [9.17, 15) is 5.11 Å². The summed E-state index contributed by atoms with van der Waals surface area (Å²) in [5.41, 5.74) is 1.79. The van der Waals surface area contributed by atoms with Crippen LogP contribution in [-0.2, 0) is 6.54 Å². The summed E-state index contributed by atoms with van der Waals surface area (Å²) in [6.45, 7) is 7.51. The van der Waals surface area contributed by atoms with Gasteiger partial charge in [0.2, 0.25) is 5.88 Å². The lowest BCUT2D eigenvalue weighted by Gasteiger charge is -2.16. The topological polar surface area (TPSA) is 88.0 Å². The van der Waals surface area contributed by atoms with Gasteiger partial charge in [-0.15, -0.1) is 24.0 Å². The van der Waals surface area contributed by atoms with Gasteiger partial charge in [0, 0.05) is 25.4 Å². The first kappa shape index (κ1) is 25.0. The molecule has 0 saturated carbocycles. The maximum absolute atomic E-state index is 10.4. The molecule has 7 nitrogen and oxygen atoms in total. The van der Waals surface area contributed by atoms with Crippen LogP contribution in [0.4, 0.5) is 0 Å². The van der Waals surface area contributed by atoms with Crippen molar-refractivity contribution in [3.8, 4) is 11.6 Å². The fraction of sp³-hybridized carbons (Fsp3) is 0.429. The fourth-order valence-electron chi connectivity index (χ4n) is 2.49. The summed E-state index contributed by atoms with van der Waals surface area (Å²) in [6.07, 6.45) is 1.21. The zero-order valence-corrected chi connectivity index (χ0v) is 19.7. The van der Waals surface area contributed by atoms with Crippen molar-refractivity contribution in [3.63, 3.8) is 0 Å². The largest absolute Gasteiger partial charge is 0.491 e. The molecule has 0 aliphatic rings. The molecule has 1 atom stereocenters. The molecule has 0 bridgehead atoms. The van der Waals surface area contributed by atoms with Crippen molar-refractivity contribution >= 4 is 29.9 Å².